The van der Waals surface area contributed by atoms with Crippen LogP contribution in [-0.4, -0.2) is 24.3 Å². The molecule has 0 amide bonds. The zero-order chi connectivity index (χ0) is 13.0. The number of likely N-dealkylation sites (N-methyl/N-ethyl adjacent to an activating group) is 1. The number of benzene rings is 1. The number of halogens is 1. The molecule has 0 unspecified atom stereocenters. The zero-order valence-electron chi connectivity index (χ0n) is 10.1. The lowest BCUT2D eigenvalue weighted by Crippen LogP contribution is -2.25. The fourth-order valence-electron chi connectivity index (χ4n) is 1.73. The molecular formula is C14H14FNOS. The fraction of sp³-hybridized carbons (Fsp3) is 0.214. The number of Topliss-reactive ketones (excluding diaryl/α,β-unsaturated/α-hetero) is 1. The Kier molecular flexibility index (Phi) is 4.23. The Bertz CT molecular complexity index is 524. The van der Waals surface area contributed by atoms with Crippen molar-refractivity contribution in [2.24, 2.45) is 0 Å². The predicted octanol–water partition coefficient (Wildman–Crippen LogP) is 3.20. The van der Waals surface area contributed by atoms with Crippen molar-refractivity contribution in [3.8, 4) is 0 Å². The Labute approximate surface area is 110 Å². The van der Waals surface area contributed by atoms with Crippen LogP contribution in [0.25, 0.3) is 0 Å². The SMILES string of the molecule is CN(CC(=O)c1cccs1)Cc1ccccc1F. The number of nitrogens with zero attached hydrogens (tertiary/aromatic N) is 1. The van der Waals surface area contributed by atoms with E-state index in [9.17, 15) is 9.18 Å². The summed E-state index contributed by atoms with van der Waals surface area (Å²) >= 11 is 1.43. The van der Waals surface area contributed by atoms with E-state index in [4.69, 9.17) is 0 Å². The Hall–Kier alpha value is -1.52. The molecule has 94 valence electrons. The maximum atomic E-state index is 13.5. The first-order valence-electron chi connectivity index (χ1n) is 5.65. The second kappa shape index (κ2) is 5.89. The first kappa shape index (κ1) is 12.9. The van der Waals surface area contributed by atoms with E-state index >= 15 is 0 Å². The smallest absolute Gasteiger partial charge is 0.186 e. The van der Waals surface area contributed by atoms with Crippen molar-refractivity contribution in [1.82, 2.24) is 4.90 Å². The van der Waals surface area contributed by atoms with E-state index in [0.29, 0.717) is 18.7 Å². The van der Waals surface area contributed by atoms with Crippen LogP contribution in [0.2, 0.25) is 0 Å². The Morgan fingerprint density at radius 2 is 2.06 bits per heavy atom. The minimum Gasteiger partial charge on any atom is -0.294 e. The van der Waals surface area contributed by atoms with Crippen molar-refractivity contribution >= 4 is 17.1 Å². The van der Waals surface area contributed by atoms with Crippen LogP contribution in [0.15, 0.2) is 41.8 Å². The monoisotopic (exact) mass is 263 g/mol. The number of ketones is 1. The molecule has 2 nitrogen and oxygen atoms in total. The van der Waals surface area contributed by atoms with Gasteiger partial charge in [0, 0.05) is 12.1 Å². The molecule has 0 aliphatic heterocycles. The molecule has 0 bridgehead atoms. The Morgan fingerprint density at radius 1 is 1.28 bits per heavy atom. The average molecular weight is 263 g/mol. The third-order valence-electron chi connectivity index (χ3n) is 2.61. The van der Waals surface area contributed by atoms with Gasteiger partial charge in [-0.05, 0) is 24.6 Å². The number of hydrogen-bond donors (Lipinski definition) is 0. The Balaban J connectivity index is 1.95. The minimum absolute atomic E-state index is 0.0730. The zero-order valence-corrected chi connectivity index (χ0v) is 10.9. The highest BCUT2D eigenvalue weighted by Gasteiger charge is 2.11. The summed E-state index contributed by atoms with van der Waals surface area (Å²) in [6.45, 7) is 0.735. The van der Waals surface area contributed by atoms with E-state index in [0.717, 1.165) is 4.88 Å². The molecule has 18 heavy (non-hydrogen) atoms. The molecule has 1 heterocycles. The number of carbonyl (C=O) groups excluding carboxylic acids is 1. The number of rotatable bonds is 5. The highest BCUT2D eigenvalue weighted by molar-refractivity contribution is 7.12. The summed E-state index contributed by atoms with van der Waals surface area (Å²) in [4.78, 5) is 14.4. The summed E-state index contributed by atoms with van der Waals surface area (Å²) in [5, 5.41) is 1.88. The topological polar surface area (TPSA) is 20.3 Å². The van der Waals surface area contributed by atoms with Gasteiger partial charge in [-0.1, -0.05) is 24.3 Å². The molecule has 0 saturated heterocycles. The highest BCUT2D eigenvalue weighted by Crippen LogP contribution is 2.12. The molecule has 0 fully saturated rings. The summed E-state index contributed by atoms with van der Waals surface area (Å²) in [5.74, 6) is -0.156. The third kappa shape index (κ3) is 3.24. The second-order valence-electron chi connectivity index (χ2n) is 4.16. The van der Waals surface area contributed by atoms with Crippen molar-refractivity contribution in [1.29, 1.82) is 0 Å². The first-order valence-corrected chi connectivity index (χ1v) is 6.53. The van der Waals surface area contributed by atoms with Crippen molar-refractivity contribution in [2.75, 3.05) is 13.6 Å². The summed E-state index contributed by atoms with van der Waals surface area (Å²) in [7, 11) is 1.82. The number of carbonyl (C=O) groups is 1. The van der Waals surface area contributed by atoms with Crippen molar-refractivity contribution in [2.45, 2.75) is 6.54 Å². The van der Waals surface area contributed by atoms with Gasteiger partial charge in [-0.3, -0.25) is 9.69 Å². The lowest BCUT2D eigenvalue weighted by Gasteiger charge is -2.15. The first-order chi connectivity index (χ1) is 8.66. The molecule has 4 heteroatoms. The molecule has 0 N–H and O–H groups in total. The fourth-order valence-corrected chi connectivity index (χ4v) is 2.39. The van der Waals surface area contributed by atoms with E-state index in [1.54, 1.807) is 18.2 Å². The molecule has 0 saturated carbocycles. The molecule has 1 aromatic carbocycles. The molecule has 0 atom stereocenters. The van der Waals surface area contributed by atoms with Crippen molar-refractivity contribution in [3.63, 3.8) is 0 Å². The van der Waals surface area contributed by atoms with Gasteiger partial charge in [0.15, 0.2) is 5.78 Å². The summed E-state index contributed by atoms with van der Waals surface area (Å²) < 4.78 is 13.5. The van der Waals surface area contributed by atoms with Crippen LogP contribution in [0, 0.1) is 5.82 Å². The van der Waals surface area contributed by atoms with E-state index < -0.39 is 0 Å². The van der Waals surface area contributed by atoms with Crippen molar-refractivity contribution in [3.05, 3.63) is 58.0 Å². The highest BCUT2D eigenvalue weighted by atomic mass is 32.1. The molecule has 2 rings (SSSR count). The van der Waals surface area contributed by atoms with E-state index in [1.807, 2.05) is 29.5 Å². The number of hydrogen-bond acceptors (Lipinski definition) is 3. The average Bonchev–Trinajstić information content (AvgIpc) is 2.85. The van der Waals surface area contributed by atoms with Crippen LogP contribution in [0.4, 0.5) is 4.39 Å². The van der Waals surface area contributed by atoms with Gasteiger partial charge in [0.1, 0.15) is 5.82 Å². The molecule has 2 aromatic rings. The van der Waals surface area contributed by atoms with Crippen LogP contribution in [0.5, 0.6) is 0 Å². The standard InChI is InChI=1S/C14H14FNOS/c1-16(9-11-5-2-3-6-12(11)15)10-13(17)14-7-4-8-18-14/h2-8H,9-10H2,1H3. The van der Waals surface area contributed by atoms with Gasteiger partial charge in [-0.25, -0.2) is 4.39 Å². The summed E-state index contributed by atoms with van der Waals surface area (Å²) in [6.07, 6.45) is 0. The van der Waals surface area contributed by atoms with Crippen LogP contribution in [0.1, 0.15) is 15.2 Å². The molecule has 0 radical (unpaired) electrons. The van der Waals surface area contributed by atoms with Gasteiger partial charge >= 0.3 is 0 Å². The van der Waals surface area contributed by atoms with Crippen LogP contribution < -0.4 is 0 Å². The largest absolute Gasteiger partial charge is 0.294 e. The van der Waals surface area contributed by atoms with Gasteiger partial charge in [-0.15, -0.1) is 11.3 Å². The van der Waals surface area contributed by atoms with Gasteiger partial charge < -0.3 is 0 Å². The van der Waals surface area contributed by atoms with Gasteiger partial charge in [0.2, 0.25) is 0 Å². The van der Waals surface area contributed by atoms with Gasteiger partial charge in [-0.2, -0.15) is 0 Å². The molecule has 0 spiro atoms. The van der Waals surface area contributed by atoms with Crippen LogP contribution in [0.3, 0.4) is 0 Å². The quantitative estimate of drug-likeness (QED) is 0.772. The maximum Gasteiger partial charge on any atom is 0.186 e. The Morgan fingerprint density at radius 3 is 2.72 bits per heavy atom. The minimum atomic E-state index is -0.229. The van der Waals surface area contributed by atoms with E-state index in [2.05, 4.69) is 0 Å². The second-order valence-corrected chi connectivity index (χ2v) is 5.11. The molecular weight excluding hydrogens is 249 g/mol. The maximum absolute atomic E-state index is 13.5. The third-order valence-corrected chi connectivity index (χ3v) is 3.52. The predicted molar refractivity (Wildman–Crippen MR) is 71.4 cm³/mol. The molecule has 0 aliphatic carbocycles. The normalized spacial score (nSPS) is 10.8. The lowest BCUT2D eigenvalue weighted by atomic mass is 10.2. The van der Waals surface area contributed by atoms with E-state index in [1.165, 1.54) is 17.4 Å². The van der Waals surface area contributed by atoms with E-state index in [-0.39, 0.29) is 11.6 Å². The number of thiophene rings is 1. The lowest BCUT2D eigenvalue weighted by molar-refractivity contribution is 0.0946. The summed E-state index contributed by atoms with van der Waals surface area (Å²) in [5.41, 5.74) is 0.610. The van der Waals surface area contributed by atoms with Gasteiger partial charge in [0.05, 0.1) is 11.4 Å². The molecule has 0 aliphatic rings. The van der Waals surface area contributed by atoms with Crippen LogP contribution >= 0.6 is 11.3 Å². The summed E-state index contributed by atoms with van der Waals surface area (Å²) in [6, 6.07) is 10.3. The van der Waals surface area contributed by atoms with Crippen LogP contribution in [-0.2, 0) is 6.54 Å². The molecule has 1 aromatic heterocycles. The van der Waals surface area contributed by atoms with Gasteiger partial charge in [0.25, 0.3) is 0 Å². The van der Waals surface area contributed by atoms with Crippen molar-refractivity contribution < 1.29 is 9.18 Å².